The number of para-hydroxylation sites is 1. The lowest BCUT2D eigenvalue weighted by Gasteiger charge is -2.10. The van der Waals surface area contributed by atoms with Gasteiger partial charge < -0.3 is 16.4 Å². The van der Waals surface area contributed by atoms with Gasteiger partial charge in [-0.2, -0.15) is 0 Å². The molecule has 2 amide bonds. The monoisotopic (exact) mass is 247 g/mol. The number of rotatable bonds is 5. The van der Waals surface area contributed by atoms with Crippen molar-refractivity contribution in [1.82, 2.24) is 5.32 Å². The first-order valence-electron chi connectivity index (χ1n) is 6.07. The summed E-state index contributed by atoms with van der Waals surface area (Å²) in [6, 6.07) is 7.80. The number of nitrogens with two attached hydrogens (primary N) is 1. The molecule has 0 bridgehead atoms. The molecule has 1 aromatic carbocycles. The van der Waals surface area contributed by atoms with E-state index in [0.717, 1.165) is 11.3 Å². The first kappa shape index (κ1) is 12.4. The quantitative estimate of drug-likeness (QED) is 0.665. The summed E-state index contributed by atoms with van der Waals surface area (Å²) in [5.41, 5.74) is 7.09. The fourth-order valence-electron chi connectivity index (χ4n) is 2.12. The normalized spacial score (nSPS) is 16.8. The lowest BCUT2D eigenvalue weighted by Crippen LogP contribution is -2.31. The van der Waals surface area contributed by atoms with Crippen LogP contribution in [0.5, 0.6) is 0 Å². The standard InChI is InChI=1S/C13H17N3O2/c14-12(17)6-3-7-15-13(18)10-8-16-11-5-2-1-4-9(10)11/h1-2,4-5,10,16H,3,6-8H2,(H2,14,17)(H,15,18). The predicted molar refractivity (Wildman–Crippen MR) is 69.1 cm³/mol. The Labute approximate surface area is 106 Å². The van der Waals surface area contributed by atoms with E-state index >= 15 is 0 Å². The van der Waals surface area contributed by atoms with Gasteiger partial charge in [-0.05, 0) is 18.1 Å². The summed E-state index contributed by atoms with van der Waals surface area (Å²) in [7, 11) is 0. The highest BCUT2D eigenvalue weighted by atomic mass is 16.2. The van der Waals surface area contributed by atoms with Gasteiger partial charge in [0.15, 0.2) is 0 Å². The van der Waals surface area contributed by atoms with Crippen molar-refractivity contribution in [3.63, 3.8) is 0 Å². The second kappa shape index (κ2) is 5.53. The maximum Gasteiger partial charge on any atom is 0.229 e. The molecule has 1 aliphatic rings. The number of nitrogens with one attached hydrogen (secondary N) is 2. The van der Waals surface area contributed by atoms with Crippen molar-refractivity contribution in [1.29, 1.82) is 0 Å². The summed E-state index contributed by atoms with van der Waals surface area (Å²) in [6.07, 6.45) is 0.892. The molecule has 4 N–H and O–H groups in total. The van der Waals surface area contributed by atoms with E-state index in [4.69, 9.17) is 5.73 Å². The fourth-order valence-corrected chi connectivity index (χ4v) is 2.12. The molecule has 1 atom stereocenters. The maximum absolute atomic E-state index is 12.0. The molecule has 18 heavy (non-hydrogen) atoms. The van der Waals surface area contributed by atoms with Gasteiger partial charge in [0.05, 0.1) is 5.92 Å². The van der Waals surface area contributed by atoms with Crippen LogP contribution in [-0.4, -0.2) is 24.9 Å². The second-order valence-corrected chi connectivity index (χ2v) is 4.38. The van der Waals surface area contributed by atoms with E-state index in [1.165, 1.54) is 0 Å². The largest absolute Gasteiger partial charge is 0.384 e. The molecule has 0 fully saturated rings. The van der Waals surface area contributed by atoms with Gasteiger partial charge in [0, 0.05) is 25.2 Å². The fraction of sp³-hybridized carbons (Fsp3) is 0.385. The van der Waals surface area contributed by atoms with E-state index in [1.54, 1.807) is 0 Å². The van der Waals surface area contributed by atoms with Gasteiger partial charge in [0.25, 0.3) is 0 Å². The van der Waals surface area contributed by atoms with Crippen molar-refractivity contribution >= 4 is 17.5 Å². The Morgan fingerprint density at radius 3 is 2.94 bits per heavy atom. The number of amides is 2. The van der Waals surface area contributed by atoms with Crippen LogP contribution < -0.4 is 16.4 Å². The van der Waals surface area contributed by atoms with Gasteiger partial charge in [-0.25, -0.2) is 0 Å². The summed E-state index contributed by atoms with van der Waals surface area (Å²) in [4.78, 5) is 22.5. The van der Waals surface area contributed by atoms with Crippen molar-refractivity contribution in [2.45, 2.75) is 18.8 Å². The van der Waals surface area contributed by atoms with Gasteiger partial charge in [-0.15, -0.1) is 0 Å². The van der Waals surface area contributed by atoms with Gasteiger partial charge in [-0.1, -0.05) is 18.2 Å². The summed E-state index contributed by atoms with van der Waals surface area (Å²) in [6.45, 7) is 1.11. The van der Waals surface area contributed by atoms with Crippen molar-refractivity contribution in [3.8, 4) is 0 Å². The zero-order valence-corrected chi connectivity index (χ0v) is 10.1. The van der Waals surface area contributed by atoms with Crippen LogP contribution in [0.25, 0.3) is 0 Å². The number of carbonyl (C=O) groups is 2. The third kappa shape index (κ3) is 2.80. The number of carbonyl (C=O) groups excluding carboxylic acids is 2. The van der Waals surface area contributed by atoms with E-state index < -0.39 is 0 Å². The zero-order valence-electron chi connectivity index (χ0n) is 10.1. The number of hydrogen-bond acceptors (Lipinski definition) is 3. The van der Waals surface area contributed by atoms with Crippen molar-refractivity contribution in [2.75, 3.05) is 18.4 Å². The van der Waals surface area contributed by atoms with Crippen LogP contribution in [-0.2, 0) is 9.59 Å². The SMILES string of the molecule is NC(=O)CCCNC(=O)C1CNc2ccccc21. The third-order valence-corrected chi connectivity index (χ3v) is 3.05. The highest BCUT2D eigenvalue weighted by Gasteiger charge is 2.27. The van der Waals surface area contributed by atoms with Gasteiger partial charge >= 0.3 is 0 Å². The molecule has 1 aliphatic heterocycles. The Balaban J connectivity index is 1.86. The van der Waals surface area contributed by atoms with Crippen LogP contribution in [0.4, 0.5) is 5.69 Å². The molecule has 0 saturated heterocycles. The minimum Gasteiger partial charge on any atom is -0.384 e. The minimum absolute atomic E-state index is 0.00285. The van der Waals surface area contributed by atoms with E-state index in [1.807, 2.05) is 24.3 Å². The van der Waals surface area contributed by atoms with Crippen molar-refractivity contribution in [2.24, 2.45) is 5.73 Å². The molecular weight excluding hydrogens is 230 g/mol. The van der Waals surface area contributed by atoms with Crippen LogP contribution >= 0.6 is 0 Å². The number of primary amides is 1. The third-order valence-electron chi connectivity index (χ3n) is 3.05. The Morgan fingerprint density at radius 2 is 2.17 bits per heavy atom. The van der Waals surface area contributed by atoms with E-state index in [2.05, 4.69) is 10.6 Å². The lowest BCUT2D eigenvalue weighted by atomic mass is 10.0. The number of anilines is 1. The molecule has 0 radical (unpaired) electrons. The Morgan fingerprint density at radius 1 is 1.39 bits per heavy atom. The zero-order chi connectivity index (χ0) is 13.0. The molecule has 1 aromatic rings. The number of hydrogen-bond donors (Lipinski definition) is 3. The average molecular weight is 247 g/mol. The van der Waals surface area contributed by atoms with Crippen molar-refractivity contribution in [3.05, 3.63) is 29.8 Å². The Hall–Kier alpha value is -2.04. The molecule has 96 valence electrons. The number of benzene rings is 1. The predicted octanol–water partition coefficient (Wildman–Crippen LogP) is 0.577. The van der Waals surface area contributed by atoms with Gasteiger partial charge in [0.2, 0.25) is 11.8 Å². The first-order valence-corrected chi connectivity index (χ1v) is 6.07. The minimum atomic E-state index is -0.336. The molecule has 0 saturated carbocycles. The smallest absolute Gasteiger partial charge is 0.229 e. The summed E-state index contributed by atoms with van der Waals surface area (Å²) in [5, 5.41) is 6.04. The molecule has 1 heterocycles. The average Bonchev–Trinajstić information content (AvgIpc) is 2.78. The molecule has 1 unspecified atom stereocenters. The Kier molecular flexibility index (Phi) is 3.82. The van der Waals surface area contributed by atoms with Crippen molar-refractivity contribution < 1.29 is 9.59 Å². The summed E-state index contributed by atoms with van der Waals surface area (Å²) in [5.74, 6) is -0.483. The molecule has 2 rings (SSSR count). The van der Waals surface area contributed by atoms with Gasteiger partial charge in [-0.3, -0.25) is 9.59 Å². The highest BCUT2D eigenvalue weighted by Crippen LogP contribution is 2.30. The maximum atomic E-state index is 12.0. The van der Waals surface area contributed by atoms with E-state index in [9.17, 15) is 9.59 Å². The molecular formula is C13H17N3O2. The highest BCUT2D eigenvalue weighted by molar-refractivity contribution is 5.88. The van der Waals surface area contributed by atoms with Crippen LogP contribution in [0.1, 0.15) is 24.3 Å². The van der Waals surface area contributed by atoms with E-state index in [-0.39, 0.29) is 17.7 Å². The molecule has 5 heteroatoms. The second-order valence-electron chi connectivity index (χ2n) is 4.38. The van der Waals surface area contributed by atoms with Crippen LogP contribution in [0.15, 0.2) is 24.3 Å². The lowest BCUT2D eigenvalue weighted by molar-refractivity contribution is -0.122. The topological polar surface area (TPSA) is 84.2 Å². The van der Waals surface area contributed by atoms with Crippen LogP contribution in [0.2, 0.25) is 0 Å². The Bertz CT molecular complexity index is 459. The molecule has 0 spiro atoms. The van der Waals surface area contributed by atoms with Gasteiger partial charge in [0.1, 0.15) is 0 Å². The van der Waals surface area contributed by atoms with E-state index in [0.29, 0.717) is 25.9 Å². The first-order chi connectivity index (χ1) is 8.68. The number of fused-ring (bicyclic) bond motifs is 1. The van der Waals surface area contributed by atoms with Crippen LogP contribution in [0, 0.1) is 0 Å². The molecule has 0 aromatic heterocycles. The summed E-state index contributed by atoms with van der Waals surface area (Å²) >= 11 is 0. The summed E-state index contributed by atoms with van der Waals surface area (Å²) < 4.78 is 0. The molecule has 0 aliphatic carbocycles. The van der Waals surface area contributed by atoms with Crippen LogP contribution in [0.3, 0.4) is 0 Å². The molecule has 5 nitrogen and oxygen atoms in total.